The van der Waals surface area contributed by atoms with E-state index in [1.54, 1.807) is 25.1 Å². The second kappa shape index (κ2) is 6.84. The van der Waals surface area contributed by atoms with Gasteiger partial charge in [0.1, 0.15) is 0 Å². The highest BCUT2D eigenvalue weighted by Crippen LogP contribution is 2.17. The van der Waals surface area contributed by atoms with Gasteiger partial charge in [0.25, 0.3) is 0 Å². The molecule has 1 aromatic rings. The van der Waals surface area contributed by atoms with E-state index in [0.717, 1.165) is 0 Å². The first-order valence-corrected chi connectivity index (χ1v) is 7.24. The Morgan fingerprint density at radius 3 is 2.67 bits per heavy atom. The van der Waals surface area contributed by atoms with Gasteiger partial charge in [0.05, 0.1) is 17.6 Å². The summed E-state index contributed by atoms with van der Waals surface area (Å²) in [6, 6.07) is 6.65. The van der Waals surface area contributed by atoms with Crippen molar-refractivity contribution in [2.24, 2.45) is 0 Å². The third-order valence-corrected chi connectivity index (χ3v) is 4.06. The molecule has 0 fully saturated rings. The summed E-state index contributed by atoms with van der Waals surface area (Å²) in [5.74, 6) is 0. The van der Waals surface area contributed by atoms with Crippen molar-refractivity contribution in [3.05, 3.63) is 29.8 Å². The van der Waals surface area contributed by atoms with E-state index in [1.165, 1.54) is 13.2 Å². The van der Waals surface area contributed by atoms with E-state index in [4.69, 9.17) is 4.74 Å². The Hall–Kier alpha value is -0.950. The molecule has 0 aliphatic rings. The molecule has 1 rings (SSSR count). The molecule has 102 valence electrons. The lowest BCUT2D eigenvalue weighted by Gasteiger charge is -2.13. The van der Waals surface area contributed by atoms with Gasteiger partial charge in [-0.1, -0.05) is 25.1 Å². The van der Waals surface area contributed by atoms with Crippen LogP contribution in [0.15, 0.2) is 29.2 Å². The van der Waals surface area contributed by atoms with Gasteiger partial charge in [-0.05, 0) is 11.6 Å². The lowest BCUT2D eigenvalue weighted by molar-refractivity contribution is 0.0646. The van der Waals surface area contributed by atoms with E-state index in [9.17, 15) is 13.5 Å². The standard InChI is InChI=1S/C12H19NO4S/c1-3-13-18(15,16)12-7-5-4-6-10(12)8-11(14)9-17-2/h4-7,11,13-14H,3,8-9H2,1-2H3. The van der Waals surface area contributed by atoms with Gasteiger partial charge in [-0.25, -0.2) is 13.1 Å². The summed E-state index contributed by atoms with van der Waals surface area (Å²) in [6.45, 7) is 2.23. The molecule has 0 aliphatic heterocycles. The fourth-order valence-electron chi connectivity index (χ4n) is 1.71. The molecule has 18 heavy (non-hydrogen) atoms. The zero-order valence-corrected chi connectivity index (χ0v) is 11.4. The third-order valence-electron chi connectivity index (χ3n) is 2.41. The highest BCUT2D eigenvalue weighted by atomic mass is 32.2. The Balaban J connectivity index is 3.00. The van der Waals surface area contributed by atoms with Crippen molar-refractivity contribution in [2.75, 3.05) is 20.3 Å². The van der Waals surface area contributed by atoms with Gasteiger partial charge in [0.2, 0.25) is 10.0 Å². The van der Waals surface area contributed by atoms with Crippen LogP contribution in [0, 0.1) is 0 Å². The molecule has 1 aromatic carbocycles. The minimum absolute atomic E-state index is 0.176. The van der Waals surface area contributed by atoms with E-state index in [1.807, 2.05) is 0 Å². The number of aliphatic hydroxyl groups is 1. The van der Waals surface area contributed by atoms with Crippen LogP contribution in [0.2, 0.25) is 0 Å². The van der Waals surface area contributed by atoms with Crippen molar-refractivity contribution in [1.82, 2.24) is 4.72 Å². The monoisotopic (exact) mass is 273 g/mol. The normalized spacial score (nSPS) is 13.5. The smallest absolute Gasteiger partial charge is 0.240 e. The van der Waals surface area contributed by atoms with Gasteiger partial charge in [0, 0.05) is 20.1 Å². The maximum absolute atomic E-state index is 12.0. The molecule has 1 unspecified atom stereocenters. The molecule has 0 saturated carbocycles. The van der Waals surface area contributed by atoms with Gasteiger partial charge in [-0.3, -0.25) is 0 Å². The Kier molecular flexibility index (Phi) is 5.74. The van der Waals surface area contributed by atoms with Crippen molar-refractivity contribution in [1.29, 1.82) is 0 Å². The summed E-state index contributed by atoms with van der Waals surface area (Å²) in [7, 11) is -2.01. The molecule has 0 aromatic heterocycles. The van der Waals surface area contributed by atoms with Gasteiger partial charge in [-0.2, -0.15) is 0 Å². The zero-order chi connectivity index (χ0) is 13.6. The van der Waals surface area contributed by atoms with Gasteiger partial charge in [0.15, 0.2) is 0 Å². The predicted octanol–water partition coefficient (Wildman–Crippen LogP) is 0.535. The molecule has 2 N–H and O–H groups in total. The summed E-state index contributed by atoms with van der Waals surface area (Å²) in [4.78, 5) is 0.210. The molecule has 0 saturated heterocycles. The fourth-order valence-corrected chi connectivity index (χ4v) is 3.00. The summed E-state index contributed by atoms with van der Waals surface area (Å²) >= 11 is 0. The van der Waals surface area contributed by atoms with Gasteiger partial charge < -0.3 is 9.84 Å². The van der Waals surface area contributed by atoms with Gasteiger partial charge >= 0.3 is 0 Å². The molecule has 6 heteroatoms. The SMILES string of the molecule is CCNS(=O)(=O)c1ccccc1CC(O)COC. The van der Waals surface area contributed by atoms with Crippen LogP contribution < -0.4 is 4.72 Å². The van der Waals surface area contributed by atoms with Crippen molar-refractivity contribution in [2.45, 2.75) is 24.3 Å². The first-order valence-electron chi connectivity index (χ1n) is 5.75. The maximum atomic E-state index is 12.0. The van der Waals surface area contributed by atoms with Crippen LogP contribution >= 0.6 is 0 Å². The topological polar surface area (TPSA) is 75.6 Å². The largest absolute Gasteiger partial charge is 0.390 e. The van der Waals surface area contributed by atoms with E-state index < -0.39 is 16.1 Å². The first kappa shape index (κ1) is 15.1. The Bertz CT molecular complexity index is 473. The maximum Gasteiger partial charge on any atom is 0.240 e. The average molecular weight is 273 g/mol. The third kappa shape index (κ3) is 4.06. The van der Waals surface area contributed by atoms with Crippen molar-refractivity contribution >= 4 is 10.0 Å². The number of methoxy groups -OCH3 is 1. The number of sulfonamides is 1. The van der Waals surface area contributed by atoms with Crippen molar-refractivity contribution < 1.29 is 18.3 Å². The molecule has 1 atom stereocenters. The lowest BCUT2D eigenvalue weighted by atomic mass is 10.1. The Morgan fingerprint density at radius 2 is 2.06 bits per heavy atom. The summed E-state index contributed by atoms with van der Waals surface area (Å²) in [5, 5.41) is 9.68. The number of hydrogen-bond acceptors (Lipinski definition) is 4. The van der Waals surface area contributed by atoms with E-state index >= 15 is 0 Å². The van der Waals surface area contributed by atoms with E-state index in [0.29, 0.717) is 12.1 Å². The van der Waals surface area contributed by atoms with Crippen LogP contribution in [0.25, 0.3) is 0 Å². The van der Waals surface area contributed by atoms with E-state index in [-0.39, 0.29) is 17.9 Å². The lowest BCUT2D eigenvalue weighted by Crippen LogP contribution is -2.25. The van der Waals surface area contributed by atoms with Crippen LogP contribution in [0.5, 0.6) is 0 Å². The number of hydrogen-bond donors (Lipinski definition) is 2. The number of benzene rings is 1. The average Bonchev–Trinajstić information content (AvgIpc) is 2.29. The Morgan fingerprint density at radius 1 is 1.39 bits per heavy atom. The van der Waals surface area contributed by atoms with Gasteiger partial charge in [-0.15, -0.1) is 0 Å². The van der Waals surface area contributed by atoms with Crippen molar-refractivity contribution in [3.63, 3.8) is 0 Å². The number of aliphatic hydroxyl groups excluding tert-OH is 1. The fraction of sp³-hybridized carbons (Fsp3) is 0.500. The van der Waals surface area contributed by atoms with Crippen LogP contribution in [-0.4, -0.2) is 39.9 Å². The number of ether oxygens (including phenoxy) is 1. The summed E-state index contributed by atoms with van der Waals surface area (Å²) in [6.07, 6.45) is -0.470. The summed E-state index contributed by atoms with van der Waals surface area (Å²) < 4.78 is 31.2. The van der Waals surface area contributed by atoms with Crippen molar-refractivity contribution in [3.8, 4) is 0 Å². The van der Waals surface area contributed by atoms with Crippen LogP contribution in [0.1, 0.15) is 12.5 Å². The zero-order valence-electron chi connectivity index (χ0n) is 10.6. The molecule has 0 bridgehead atoms. The molecule has 0 spiro atoms. The molecule has 0 radical (unpaired) electrons. The molecule has 5 nitrogen and oxygen atoms in total. The summed E-state index contributed by atoms with van der Waals surface area (Å²) in [5.41, 5.74) is 0.586. The molecule has 0 amide bonds. The van der Waals surface area contributed by atoms with Crippen LogP contribution in [-0.2, 0) is 21.2 Å². The van der Waals surface area contributed by atoms with E-state index in [2.05, 4.69) is 4.72 Å². The number of rotatable bonds is 7. The van der Waals surface area contributed by atoms with Crippen LogP contribution in [0.3, 0.4) is 0 Å². The highest BCUT2D eigenvalue weighted by molar-refractivity contribution is 7.89. The minimum Gasteiger partial charge on any atom is -0.390 e. The highest BCUT2D eigenvalue weighted by Gasteiger charge is 2.18. The molecular formula is C12H19NO4S. The molecular weight excluding hydrogens is 254 g/mol. The molecule has 0 aliphatic carbocycles. The quantitative estimate of drug-likeness (QED) is 0.760. The second-order valence-corrected chi connectivity index (χ2v) is 5.66. The second-order valence-electron chi connectivity index (χ2n) is 3.92. The Labute approximate surface area is 108 Å². The van der Waals surface area contributed by atoms with Crippen LogP contribution in [0.4, 0.5) is 0 Å². The number of nitrogens with one attached hydrogen (secondary N) is 1. The minimum atomic E-state index is -3.50. The molecule has 0 heterocycles. The first-order chi connectivity index (χ1) is 8.51. The predicted molar refractivity (Wildman–Crippen MR) is 68.9 cm³/mol.